The molecule has 4 nitrogen and oxygen atoms in total. The number of carbonyl (C=O) groups excluding carboxylic acids is 1. The van der Waals surface area contributed by atoms with Crippen LogP contribution in [0.15, 0.2) is 18.2 Å². The summed E-state index contributed by atoms with van der Waals surface area (Å²) in [5.41, 5.74) is 1.58. The van der Waals surface area contributed by atoms with Crippen LogP contribution in [-0.2, 0) is 0 Å². The van der Waals surface area contributed by atoms with E-state index in [2.05, 4.69) is 17.6 Å². The summed E-state index contributed by atoms with van der Waals surface area (Å²) in [6.45, 7) is 4.83. The van der Waals surface area contributed by atoms with E-state index in [-0.39, 0.29) is 11.8 Å². The quantitative estimate of drug-likeness (QED) is 0.260. The predicted octanol–water partition coefficient (Wildman–Crippen LogP) is 6.52. The van der Waals surface area contributed by atoms with Crippen LogP contribution >= 0.6 is 0 Å². The predicted molar refractivity (Wildman–Crippen MR) is 111 cm³/mol. The van der Waals surface area contributed by atoms with E-state index in [0.29, 0.717) is 6.54 Å². The molecule has 0 aromatic heterocycles. The molecule has 1 aromatic carbocycles. The highest BCUT2D eigenvalue weighted by Crippen LogP contribution is 2.19. The molecule has 0 aliphatic rings. The summed E-state index contributed by atoms with van der Waals surface area (Å²) in [5, 5.41) is 15.1. The zero-order chi connectivity index (χ0) is 19.0. The second kappa shape index (κ2) is 14.5. The number of phenolic OH excluding ortho intramolecular Hbond substituents is 1. The van der Waals surface area contributed by atoms with Crippen LogP contribution in [0.1, 0.15) is 89.5 Å². The van der Waals surface area contributed by atoms with Crippen molar-refractivity contribution in [2.24, 2.45) is 0 Å². The van der Waals surface area contributed by atoms with E-state index < -0.39 is 0 Å². The third-order valence-corrected chi connectivity index (χ3v) is 4.77. The van der Waals surface area contributed by atoms with Crippen molar-refractivity contribution in [3.05, 3.63) is 23.8 Å². The monoisotopic (exact) mass is 362 g/mol. The first kappa shape index (κ1) is 22.3. The highest BCUT2D eigenvalue weighted by Gasteiger charge is 2.04. The van der Waals surface area contributed by atoms with Gasteiger partial charge in [-0.1, -0.05) is 77.6 Å². The van der Waals surface area contributed by atoms with E-state index in [4.69, 9.17) is 0 Å². The van der Waals surface area contributed by atoms with Crippen LogP contribution in [0.3, 0.4) is 0 Å². The van der Waals surface area contributed by atoms with Gasteiger partial charge in [0.25, 0.3) is 0 Å². The first-order valence-electron chi connectivity index (χ1n) is 10.5. The smallest absolute Gasteiger partial charge is 0.319 e. The fourth-order valence-corrected chi connectivity index (χ4v) is 3.12. The average Bonchev–Trinajstić information content (AvgIpc) is 2.61. The third kappa shape index (κ3) is 11.0. The lowest BCUT2D eigenvalue weighted by Crippen LogP contribution is -2.29. The van der Waals surface area contributed by atoms with Crippen LogP contribution in [0, 0.1) is 6.92 Å². The Bertz CT molecular complexity index is 503. The van der Waals surface area contributed by atoms with Gasteiger partial charge in [0.1, 0.15) is 5.75 Å². The van der Waals surface area contributed by atoms with Gasteiger partial charge in [-0.3, -0.25) is 0 Å². The van der Waals surface area contributed by atoms with E-state index in [1.807, 2.05) is 6.92 Å². The maximum absolute atomic E-state index is 11.9. The molecule has 2 amide bonds. The Hall–Kier alpha value is -1.71. The van der Waals surface area contributed by atoms with Crippen molar-refractivity contribution >= 4 is 11.7 Å². The Morgan fingerprint density at radius 1 is 0.885 bits per heavy atom. The molecule has 0 atom stereocenters. The number of rotatable bonds is 14. The lowest BCUT2D eigenvalue weighted by molar-refractivity contribution is 0.252. The molecule has 148 valence electrons. The van der Waals surface area contributed by atoms with Gasteiger partial charge in [-0.25, -0.2) is 4.79 Å². The van der Waals surface area contributed by atoms with E-state index in [0.717, 1.165) is 17.7 Å². The minimum Gasteiger partial charge on any atom is -0.508 e. The lowest BCUT2D eigenvalue weighted by atomic mass is 10.1. The first-order chi connectivity index (χ1) is 12.6. The Morgan fingerprint density at radius 3 is 1.96 bits per heavy atom. The number of benzene rings is 1. The lowest BCUT2D eigenvalue weighted by Gasteiger charge is -2.10. The summed E-state index contributed by atoms with van der Waals surface area (Å²) in [7, 11) is 0. The molecule has 0 spiro atoms. The van der Waals surface area contributed by atoms with Crippen molar-refractivity contribution in [1.29, 1.82) is 0 Å². The second-order valence-electron chi connectivity index (χ2n) is 7.27. The zero-order valence-electron chi connectivity index (χ0n) is 16.8. The highest BCUT2D eigenvalue weighted by atomic mass is 16.3. The minimum absolute atomic E-state index is 0.179. The number of hydrogen-bond acceptors (Lipinski definition) is 2. The molecule has 0 saturated carbocycles. The molecule has 0 bridgehead atoms. The number of amides is 2. The number of phenols is 1. The van der Waals surface area contributed by atoms with E-state index >= 15 is 0 Å². The molecule has 1 aromatic rings. The SMILES string of the molecule is CCCCCCCCCCCCCCNC(=O)Nc1ccc(O)cc1C. The fraction of sp³-hybridized carbons (Fsp3) is 0.682. The van der Waals surface area contributed by atoms with Gasteiger partial charge in [0.2, 0.25) is 0 Å². The number of unbranched alkanes of at least 4 members (excludes halogenated alkanes) is 11. The molecule has 0 unspecified atom stereocenters. The number of urea groups is 1. The van der Waals surface area contributed by atoms with Gasteiger partial charge in [-0.15, -0.1) is 0 Å². The van der Waals surface area contributed by atoms with Crippen LogP contribution in [0.5, 0.6) is 5.75 Å². The van der Waals surface area contributed by atoms with Gasteiger partial charge in [0.15, 0.2) is 0 Å². The molecule has 0 heterocycles. The molecule has 0 radical (unpaired) electrons. The molecule has 4 heteroatoms. The molecular weight excluding hydrogens is 324 g/mol. The van der Waals surface area contributed by atoms with E-state index in [9.17, 15) is 9.90 Å². The largest absolute Gasteiger partial charge is 0.508 e. The Balaban J connectivity index is 1.92. The van der Waals surface area contributed by atoms with Crippen LogP contribution in [0.25, 0.3) is 0 Å². The van der Waals surface area contributed by atoms with E-state index in [1.165, 1.54) is 70.6 Å². The topological polar surface area (TPSA) is 61.4 Å². The maximum Gasteiger partial charge on any atom is 0.319 e. The Labute approximate surface area is 159 Å². The molecule has 3 N–H and O–H groups in total. The van der Waals surface area contributed by atoms with Crippen molar-refractivity contribution in [1.82, 2.24) is 5.32 Å². The van der Waals surface area contributed by atoms with Crippen molar-refractivity contribution in [3.63, 3.8) is 0 Å². The summed E-state index contributed by atoms with van der Waals surface area (Å²) in [6.07, 6.45) is 15.8. The third-order valence-electron chi connectivity index (χ3n) is 4.77. The number of anilines is 1. The van der Waals surface area contributed by atoms with Crippen molar-refractivity contribution in [2.45, 2.75) is 90.9 Å². The standard InChI is InChI=1S/C22H38N2O2/c1-3-4-5-6-7-8-9-10-11-12-13-14-17-23-22(26)24-21-16-15-20(25)18-19(21)2/h15-16,18,25H,3-14,17H2,1-2H3,(H2,23,24,26). The number of aromatic hydroxyl groups is 1. The van der Waals surface area contributed by atoms with Crippen LogP contribution in [0.4, 0.5) is 10.5 Å². The molecule has 0 fully saturated rings. The normalized spacial score (nSPS) is 10.7. The fourth-order valence-electron chi connectivity index (χ4n) is 3.12. The average molecular weight is 363 g/mol. The molecule has 0 aliphatic heterocycles. The van der Waals surface area contributed by atoms with Gasteiger partial charge in [-0.05, 0) is 37.1 Å². The number of carbonyl (C=O) groups is 1. The summed E-state index contributed by atoms with van der Waals surface area (Å²) >= 11 is 0. The second-order valence-corrected chi connectivity index (χ2v) is 7.27. The van der Waals surface area contributed by atoms with Gasteiger partial charge in [-0.2, -0.15) is 0 Å². The molecule has 0 saturated heterocycles. The van der Waals surface area contributed by atoms with Crippen LogP contribution in [0.2, 0.25) is 0 Å². The summed E-state index contributed by atoms with van der Waals surface area (Å²) < 4.78 is 0. The summed E-state index contributed by atoms with van der Waals surface area (Å²) in [4.78, 5) is 11.9. The molecular formula is C22H38N2O2. The first-order valence-corrected chi connectivity index (χ1v) is 10.5. The molecule has 26 heavy (non-hydrogen) atoms. The Kier molecular flexibility index (Phi) is 12.4. The summed E-state index contributed by atoms with van der Waals surface area (Å²) in [6, 6.07) is 4.75. The van der Waals surface area contributed by atoms with Crippen molar-refractivity contribution in [2.75, 3.05) is 11.9 Å². The Morgan fingerprint density at radius 2 is 1.42 bits per heavy atom. The molecule has 1 rings (SSSR count). The number of aryl methyl sites for hydroxylation is 1. The number of hydrogen-bond donors (Lipinski definition) is 3. The van der Waals surface area contributed by atoms with E-state index in [1.54, 1.807) is 18.2 Å². The molecule has 0 aliphatic carbocycles. The maximum atomic E-state index is 11.9. The highest BCUT2D eigenvalue weighted by molar-refractivity contribution is 5.90. The van der Waals surface area contributed by atoms with Gasteiger partial charge >= 0.3 is 6.03 Å². The summed E-state index contributed by atoms with van der Waals surface area (Å²) in [5.74, 6) is 0.213. The van der Waals surface area contributed by atoms with Gasteiger partial charge in [0, 0.05) is 12.2 Å². The van der Waals surface area contributed by atoms with Gasteiger partial charge in [0.05, 0.1) is 0 Å². The van der Waals surface area contributed by atoms with Gasteiger partial charge < -0.3 is 15.7 Å². The minimum atomic E-state index is -0.179. The number of nitrogens with one attached hydrogen (secondary N) is 2. The van der Waals surface area contributed by atoms with Crippen LogP contribution < -0.4 is 10.6 Å². The zero-order valence-corrected chi connectivity index (χ0v) is 16.8. The van der Waals surface area contributed by atoms with Crippen molar-refractivity contribution < 1.29 is 9.90 Å². The van der Waals surface area contributed by atoms with Crippen LogP contribution in [-0.4, -0.2) is 17.7 Å². The van der Waals surface area contributed by atoms with Crippen molar-refractivity contribution in [3.8, 4) is 5.75 Å².